The minimum atomic E-state index is -0.0431. The summed E-state index contributed by atoms with van der Waals surface area (Å²) in [6.07, 6.45) is 10.6. The van der Waals surface area contributed by atoms with Gasteiger partial charge in [-0.1, -0.05) is 19.3 Å². The zero-order valence-electron chi connectivity index (χ0n) is 15.0. The van der Waals surface area contributed by atoms with Crippen molar-refractivity contribution in [2.45, 2.75) is 63.9 Å². The van der Waals surface area contributed by atoms with Crippen molar-refractivity contribution in [2.24, 2.45) is 5.92 Å². The topological polar surface area (TPSA) is 67.4 Å². The number of carbonyl (C=O) groups excluding carboxylic acids is 1. The summed E-state index contributed by atoms with van der Waals surface area (Å²) in [7, 11) is 0. The van der Waals surface area contributed by atoms with Crippen LogP contribution in [0, 0.1) is 12.8 Å². The fourth-order valence-corrected chi connectivity index (χ4v) is 4.10. The Morgan fingerprint density at radius 2 is 2.04 bits per heavy atom. The number of urea groups is 1. The van der Waals surface area contributed by atoms with Crippen LogP contribution < -0.4 is 5.32 Å². The van der Waals surface area contributed by atoms with E-state index in [1.165, 1.54) is 32.1 Å². The van der Waals surface area contributed by atoms with Crippen LogP contribution in [0.15, 0.2) is 6.20 Å². The lowest BCUT2D eigenvalue weighted by Gasteiger charge is -2.38. The third-order valence-corrected chi connectivity index (χ3v) is 5.70. The molecule has 0 bridgehead atoms. The summed E-state index contributed by atoms with van der Waals surface area (Å²) in [5, 5.41) is 3.06. The molecule has 2 amide bonds. The normalized spacial score (nSPS) is 25.0. The number of carbonyl (C=O) groups is 1. The van der Waals surface area contributed by atoms with Crippen LogP contribution in [0.1, 0.15) is 62.4 Å². The predicted molar refractivity (Wildman–Crippen MR) is 95.7 cm³/mol. The smallest absolute Gasteiger partial charge is 0.322 e. The molecule has 2 heterocycles. The van der Waals surface area contributed by atoms with E-state index in [0.717, 1.165) is 30.0 Å². The minimum Gasteiger partial charge on any atom is -0.374 e. The van der Waals surface area contributed by atoms with Crippen molar-refractivity contribution in [2.75, 3.05) is 25.0 Å². The molecule has 2 aliphatic carbocycles. The highest BCUT2D eigenvalue weighted by atomic mass is 16.5. The van der Waals surface area contributed by atoms with Crippen molar-refractivity contribution in [3.63, 3.8) is 0 Å². The molecule has 4 rings (SSSR count). The highest BCUT2D eigenvalue weighted by Gasteiger charge is 2.32. The Hall–Kier alpha value is -1.69. The molecule has 0 aromatic carbocycles. The summed E-state index contributed by atoms with van der Waals surface area (Å²) in [5.41, 5.74) is 1.77. The van der Waals surface area contributed by atoms with Crippen molar-refractivity contribution < 1.29 is 9.53 Å². The molecule has 136 valence electrons. The average molecular weight is 344 g/mol. The van der Waals surface area contributed by atoms with Crippen molar-refractivity contribution in [1.82, 2.24) is 14.9 Å². The van der Waals surface area contributed by atoms with Crippen molar-refractivity contribution in [3.05, 3.63) is 17.7 Å². The molecule has 0 spiro atoms. The van der Waals surface area contributed by atoms with Crippen LogP contribution in [-0.4, -0.2) is 46.7 Å². The zero-order valence-corrected chi connectivity index (χ0v) is 15.0. The number of aryl methyl sites for hydroxylation is 1. The van der Waals surface area contributed by atoms with Crippen LogP contribution in [0.25, 0.3) is 0 Å². The van der Waals surface area contributed by atoms with Gasteiger partial charge in [-0.2, -0.15) is 0 Å². The second-order valence-corrected chi connectivity index (χ2v) is 7.67. The molecular formula is C19H28N4O2. The number of anilines is 1. The Balaban J connectivity index is 1.40. The minimum absolute atomic E-state index is 0.0431. The van der Waals surface area contributed by atoms with E-state index in [-0.39, 0.29) is 12.1 Å². The lowest BCUT2D eigenvalue weighted by molar-refractivity contribution is -0.0511. The predicted octanol–water partition coefficient (Wildman–Crippen LogP) is 3.48. The average Bonchev–Trinajstić information content (AvgIpc) is 3.49. The third kappa shape index (κ3) is 3.94. The van der Waals surface area contributed by atoms with E-state index in [9.17, 15) is 4.79 Å². The van der Waals surface area contributed by atoms with E-state index in [1.807, 2.05) is 11.8 Å². The van der Waals surface area contributed by atoms with Gasteiger partial charge in [0, 0.05) is 19.0 Å². The standard InChI is InChI=1S/C19H28N4O2/c1-13-20-11-16(18(21-13)15-7-8-15)22-19(24)23-9-10-25-17(12-23)14-5-3-2-4-6-14/h11,14-15,17H,2-10,12H2,1H3,(H,22,24)/t17-/m0/s1. The maximum absolute atomic E-state index is 12.8. The van der Waals surface area contributed by atoms with Crippen LogP contribution >= 0.6 is 0 Å². The van der Waals surface area contributed by atoms with E-state index in [0.29, 0.717) is 31.5 Å². The first-order valence-electron chi connectivity index (χ1n) is 9.72. The summed E-state index contributed by atoms with van der Waals surface area (Å²) in [6.45, 7) is 3.88. The molecule has 6 heteroatoms. The van der Waals surface area contributed by atoms with Crippen LogP contribution in [-0.2, 0) is 4.74 Å². The molecule has 25 heavy (non-hydrogen) atoms. The number of morpholine rings is 1. The molecule has 0 radical (unpaired) electrons. The highest BCUT2D eigenvalue weighted by Crippen LogP contribution is 2.42. The summed E-state index contributed by atoms with van der Waals surface area (Å²) in [5.74, 6) is 1.86. The first-order valence-corrected chi connectivity index (χ1v) is 9.72. The first-order chi connectivity index (χ1) is 12.2. The third-order valence-electron chi connectivity index (χ3n) is 5.70. The van der Waals surface area contributed by atoms with E-state index in [2.05, 4.69) is 15.3 Å². The first kappa shape index (κ1) is 16.8. The fraction of sp³-hybridized carbons (Fsp3) is 0.737. The number of nitrogens with one attached hydrogen (secondary N) is 1. The molecule has 1 aromatic heterocycles. The van der Waals surface area contributed by atoms with Gasteiger partial charge in [0.05, 0.1) is 30.3 Å². The summed E-state index contributed by atoms with van der Waals surface area (Å²) >= 11 is 0. The molecule has 0 unspecified atom stereocenters. The van der Waals surface area contributed by atoms with E-state index in [1.54, 1.807) is 6.20 Å². The molecule has 1 atom stereocenters. The van der Waals surface area contributed by atoms with E-state index < -0.39 is 0 Å². The zero-order chi connectivity index (χ0) is 17.2. The van der Waals surface area contributed by atoms with Crippen LogP contribution in [0.2, 0.25) is 0 Å². The van der Waals surface area contributed by atoms with Gasteiger partial charge in [-0.3, -0.25) is 0 Å². The molecule has 1 aliphatic heterocycles. The van der Waals surface area contributed by atoms with Crippen molar-refractivity contribution >= 4 is 11.7 Å². The molecule has 3 fully saturated rings. The molecule has 1 aromatic rings. The van der Waals surface area contributed by atoms with Gasteiger partial charge in [0.1, 0.15) is 5.82 Å². The fourth-order valence-electron chi connectivity index (χ4n) is 4.10. The summed E-state index contributed by atoms with van der Waals surface area (Å²) in [4.78, 5) is 23.5. The van der Waals surface area contributed by atoms with Gasteiger partial charge in [-0.15, -0.1) is 0 Å². The maximum atomic E-state index is 12.8. The monoisotopic (exact) mass is 344 g/mol. The number of rotatable bonds is 3. The largest absolute Gasteiger partial charge is 0.374 e. The second-order valence-electron chi connectivity index (χ2n) is 7.67. The quantitative estimate of drug-likeness (QED) is 0.911. The number of hydrogen-bond donors (Lipinski definition) is 1. The lowest BCUT2D eigenvalue weighted by atomic mass is 9.84. The highest BCUT2D eigenvalue weighted by molar-refractivity contribution is 5.90. The number of aromatic nitrogens is 2. The van der Waals surface area contributed by atoms with Gasteiger partial charge in [0.25, 0.3) is 0 Å². The van der Waals surface area contributed by atoms with Gasteiger partial charge < -0.3 is 15.0 Å². The van der Waals surface area contributed by atoms with Crippen molar-refractivity contribution in [3.8, 4) is 0 Å². The van der Waals surface area contributed by atoms with Gasteiger partial charge in [-0.05, 0) is 38.5 Å². The maximum Gasteiger partial charge on any atom is 0.322 e. The van der Waals surface area contributed by atoms with Gasteiger partial charge in [0.2, 0.25) is 0 Å². The molecule has 6 nitrogen and oxygen atoms in total. The van der Waals surface area contributed by atoms with E-state index >= 15 is 0 Å². The van der Waals surface area contributed by atoms with Gasteiger partial charge in [-0.25, -0.2) is 14.8 Å². The number of ether oxygens (including phenoxy) is 1. The number of amides is 2. The second kappa shape index (κ2) is 7.28. The molecule has 3 aliphatic rings. The number of hydrogen-bond acceptors (Lipinski definition) is 4. The van der Waals surface area contributed by atoms with E-state index in [4.69, 9.17) is 4.74 Å². The number of nitrogens with zero attached hydrogens (tertiary/aromatic N) is 3. The SMILES string of the molecule is Cc1ncc(NC(=O)N2CCO[C@H](C3CCCCC3)C2)c(C2CC2)n1. The Morgan fingerprint density at radius 3 is 2.80 bits per heavy atom. The van der Waals surface area contributed by atoms with Crippen molar-refractivity contribution in [1.29, 1.82) is 0 Å². The van der Waals surface area contributed by atoms with Crippen LogP contribution in [0.3, 0.4) is 0 Å². The van der Waals surface area contributed by atoms with Gasteiger partial charge in [0.15, 0.2) is 0 Å². The molecule has 1 N–H and O–H groups in total. The summed E-state index contributed by atoms with van der Waals surface area (Å²) in [6, 6.07) is -0.0431. The Bertz CT molecular complexity index is 626. The van der Waals surface area contributed by atoms with Crippen LogP contribution in [0.4, 0.5) is 10.5 Å². The summed E-state index contributed by atoms with van der Waals surface area (Å²) < 4.78 is 5.99. The van der Waals surface area contributed by atoms with Crippen LogP contribution in [0.5, 0.6) is 0 Å². The Morgan fingerprint density at radius 1 is 1.24 bits per heavy atom. The Kier molecular flexibility index (Phi) is 4.88. The van der Waals surface area contributed by atoms with Gasteiger partial charge >= 0.3 is 6.03 Å². The molecule has 1 saturated heterocycles. The molecule has 2 saturated carbocycles. The molecular weight excluding hydrogens is 316 g/mol. The lowest BCUT2D eigenvalue weighted by Crippen LogP contribution is -2.50. The Labute approximate surface area is 149 Å².